The number of carbonyl (C=O) groups excluding carboxylic acids is 3. The minimum absolute atomic E-state index is 0.250. The number of rotatable bonds is 4. The number of esters is 1. The fourth-order valence-electron chi connectivity index (χ4n) is 3.04. The van der Waals surface area contributed by atoms with Crippen LogP contribution in [0.1, 0.15) is 52.9 Å². The Labute approximate surface area is 162 Å². The molecule has 0 saturated heterocycles. The number of H-pyrrole nitrogens is 1. The molecule has 1 aromatic carbocycles. The van der Waals surface area contributed by atoms with Gasteiger partial charge in [0.1, 0.15) is 11.4 Å². The predicted molar refractivity (Wildman–Crippen MR) is 104 cm³/mol. The van der Waals surface area contributed by atoms with Crippen molar-refractivity contribution >= 4 is 29.2 Å². The van der Waals surface area contributed by atoms with Crippen LogP contribution in [-0.4, -0.2) is 35.0 Å². The van der Waals surface area contributed by atoms with Crippen molar-refractivity contribution in [3.8, 4) is 5.75 Å². The van der Waals surface area contributed by atoms with E-state index in [2.05, 4.69) is 15.6 Å². The van der Waals surface area contributed by atoms with E-state index in [-0.39, 0.29) is 17.7 Å². The first kappa shape index (κ1) is 19.5. The molecule has 3 N–H and O–H groups in total. The molecule has 2 heterocycles. The van der Waals surface area contributed by atoms with E-state index in [1.54, 1.807) is 52.8 Å². The minimum atomic E-state index is -0.568. The van der Waals surface area contributed by atoms with Crippen LogP contribution in [0.4, 0.5) is 11.4 Å². The molecule has 8 nitrogen and oxygen atoms in total. The van der Waals surface area contributed by atoms with Crippen LogP contribution in [0.5, 0.6) is 5.75 Å². The molecule has 3 rings (SSSR count). The lowest BCUT2D eigenvalue weighted by Gasteiger charge is -2.23. The van der Waals surface area contributed by atoms with E-state index in [1.807, 2.05) is 0 Å². The van der Waals surface area contributed by atoms with Gasteiger partial charge in [-0.15, -0.1) is 0 Å². The molecule has 2 aromatic rings. The summed E-state index contributed by atoms with van der Waals surface area (Å²) in [6.07, 6.45) is -0.823. The van der Waals surface area contributed by atoms with E-state index in [0.717, 1.165) is 0 Å². The van der Waals surface area contributed by atoms with Crippen molar-refractivity contribution in [1.82, 2.24) is 4.98 Å². The van der Waals surface area contributed by atoms with Crippen LogP contribution >= 0.6 is 0 Å². The van der Waals surface area contributed by atoms with Gasteiger partial charge < -0.3 is 25.1 Å². The highest BCUT2D eigenvalue weighted by molar-refractivity contribution is 6.07. The van der Waals surface area contributed by atoms with Crippen LogP contribution in [0.2, 0.25) is 0 Å². The number of anilines is 2. The maximum atomic E-state index is 12.7. The summed E-state index contributed by atoms with van der Waals surface area (Å²) >= 11 is 0. The van der Waals surface area contributed by atoms with Gasteiger partial charge in [-0.05, 0) is 58.4 Å². The largest absolute Gasteiger partial charge is 0.479 e. The number of aromatic amines is 1. The molecule has 0 bridgehead atoms. The van der Waals surface area contributed by atoms with Crippen LogP contribution in [0, 0.1) is 13.8 Å². The maximum Gasteiger partial charge on any atom is 0.340 e. The number of hydrogen-bond donors (Lipinski definition) is 3. The summed E-state index contributed by atoms with van der Waals surface area (Å²) < 4.78 is 10.7. The second kappa shape index (κ2) is 7.38. The van der Waals surface area contributed by atoms with Crippen molar-refractivity contribution in [1.29, 1.82) is 0 Å². The number of amides is 2. The number of aromatic nitrogens is 1. The fraction of sp³-hybridized carbons (Fsp3) is 0.350. The lowest BCUT2D eigenvalue weighted by molar-refractivity contribution is -0.122. The van der Waals surface area contributed by atoms with E-state index in [4.69, 9.17) is 9.47 Å². The van der Waals surface area contributed by atoms with Crippen molar-refractivity contribution < 1.29 is 23.9 Å². The topological polar surface area (TPSA) is 110 Å². The number of carbonyl (C=O) groups is 3. The highest BCUT2D eigenvalue weighted by Crippen LogP contribution is 2.32. The first-order valence-corrected chi connectivity index (χ1v) is 9.00. The van der Waals surface area contributed by atoms with Gasteiger partial charge in [-0.1, -0.05) is 0 Å². The van der Waals surface area contributed by atoms with E-state index in [1.165, 1.54) is 0 Å². The average molecular weight is 385 g/mol. The van der Waals surface area contributed by atoms with Crippen molar-refractivity contribution in [3.63, 3.8) is 0 Å². The highest BCUT2D eigenvalue weighted by Gasteiger charge is 2.25. The predicted octanol–water partition coefficient (Wildman–Crippen LogP) is 3.17. The SMILES string of the molecule is Cc1[nH]c(C(=O)Nc2ccc3c(c2)NC(=O)[C@@H](C)O3)c(C)c1C(=O)OC(C)C. The van der Waals surface area contributed by atoms with Gasteiger partial charge in [-0.3, -0.25) is 9.59 Å². The molecule has 1 aliphatic rings. The number of nitrogens with one attached hydrogen (secondary N) is 3. The molecule has 1 aliphatic heterocycles. The van der Waals surface area contributed by atoms with Gasteiger partial charge in [0.25, 0.3) is 11.8 Å². The van der Waals surface area contributed by atoms with Gasteiger partial charge in [0.05, 0.1) is 17.4 Å². The third kappa shape index (κ3) is 3.71. The van der Waals surface area contributed by atoms with Crippen molar-refractivity contribution in [2.75, 3.05) is 10.6 Å². The van der Waals surface area contributed by atoms with Gasteiger partial charge in [-0.2, -0.15) is 0 Å². The summed E-state index contributed by atoms with van der Waals surface area (Å²) in [6, 6.07) is 4.98. The molecule has 0 spiro atoms. The lowest BCUT2D eigenvalue weighted by Crippen LogP contribution is -2.34. The second-order valence-corrected chi connectivity index (χ2v) is 6.99. The Morgan fingerprint density at radius 2 is 1.96 bits per heavy atom. The molecule has 0 fully saturated rings. The molecular formula is C20H23N3O5. The van der Waals surface area contributed by atoms with E-state index >= 15 is 0 Å². The van der Waals surface area contributed by atoms with Crippen LogP contribution < -0.4 is 15.4 Å². The summed E-state index contributed by atoms with van der Waals surface area (Å²) in [5.74, 6) is -0.584. The van der Waals surface area contributed by atoms with Gasteiger partial charge in [-0.25, -0.2) is 4.79 Å². The smallest absolute Gasteiger partial charge is 0.340 e. The molecule has 2 amide bonds. The monoisotopic (exact) mass is 385 g/mol. The first-order chi connectivity index (χ1) is 13.2. The molecule has 0 aliphatic carbocycles. The Morgan fingerprint density at radius 3 is 2.64 bits per heavy atom. The molecule has 1 atom stereocenters. The Bertz CT molecular complexity index is 961. The summed E-state index contributed by atoms with van der Waals surface area (Å²) in [6.45, 7) is 8.60. The molecule has 1 aromatic heterocycles. The number of fused-ring (bicyclic) bond motifs is 1. The summed E-state index contributed by atoms with van der Waals surface area (Å²) in [5, 5.41) is 5.50. The number of ether oxygens (including phenoxy) is 2. The fourth-order valence-corrected chi connectivity index (χ4v) is 3.04. The molecule has 0 unspecified atom stereocenters. The third-order valence-corrected chi connectivity index (χ3v) is 4.38. The van der Waals surface area contributed by atoms with Crippen LogP contribution in [0.3, 0.4) is 0 Å². The van der Waals surface area contributed by atoms with Gasteiger partial charge in [0.15, 0.2) is 6.10 Å². The minimum Gasteiger partial charge on any atom is -0.479 e. The molecule has 148 valence electrons. The van der Waals surface area contributed by atoms with Gasteiger partial charge >= 0.3 is 5.97 Å². The Balaban J connectivity index is 1.82. The van der Waals surface area contributed by atoms with E-state index in [0.29, 0.717) is 33.9 Å². The normalized spacial score (nSPS) is 15.5. The Hall–Kier alpha value is -3.29. The molecule has 0 saturated carbocycles. The zero-order chi connectivity index (χ0) is 20.6. The lowest BCUT2D eigenvalue weighted by atomic mass is 10.1. The Morgan fingerprint density at radius 1 is 1.25 bits per heavy atom. The highest BCUT2D eigenvalue weighted by atomic mass is 16.5. The van der Waals surface area contributed by atoms with Crippen LogP contribution in [0.15, 0.2) is 18.2 Å². The quantitative estimate of drug-likeness (QED) is 0.701. The van der Waals surface area contributed by atoms with E-state index < -0.39 is 18.0 Å². The van der Waals surface area contributed by atoms with Gasteiger partial charge in [0.2, 0.25) is 0 Å². The molecule has 0 radical (unpaired) electrons. The average Bonchev–Trinajstić information content (AvgIpc) is 2.90. The maximum absolute atomic E-state index is 12.7. The summed E-state index contributed by atoms with van der Waals surface area (Å²) in [7, 11) is 0. The number of aryl methyl sites for hydroxylation is 1. The molecule has 28 heavy (non-hydrogen) atoms. The zero-order valence-electron chi connectivity index (χ0n) is 16.4. The Kier molecular flexibility index (Phi) is 5.13. The third-order valence-electron chi connectivity index (χ3n) is 4.38. The summed E-state index contributed by atoms with van der Waals surface area (Å²) in [5.41, 5.74) is 2.69. The number of hydrogen-bond acceptors (Lipinski definition) is 5. The molecular weight excluding hydrogens is 362 g/mol. The van der Waals surface area contributed by atoms with Crippen LogP contribution in [-0.2, 0) is 9.53 Å². The summed E-state index contributed by atoms with van der Waals surface area (Å²) in [4.78, 5) is 39.7. The zero-order valence-corrected chi connectivity index (χ0v) is 16.4. The van der Waals surface area contributed by atoms with Crippen LogP contribution in [0.25, 0.3) is 0 Å². The van der Waals surface area contributed by atoms with Crippen molar-refractivity contribution in [3.05, 3.63) is 40.7 Å². The second-order valence-electron chi connectivity index (χ2n) is 6.99. The van der Waals surface area contributed by atoms with Gasteiger partial charge in [0, 0.05) is 11.4 Å². The standard InChI is InChI=1S/C20H23N3O5/c1-9(2)27-20(26)16-10(3)17(21-11(16)4)19(25)22-13-6-7-15-14(8-13)23-18(24)12(5)28-15/h6-9,12,21H,1-5H3,(H,22,25)(H,23,24)/t12-/m1/s1. The first-order valence-electron chi connectivity index (χ1n) is 9.00. The van der Waals surface area contributed by atoms with Crippen molar-refractivity contribution in [2.24, 2.45) is 0 Å². The molecule has 8 heteroatoms. The van der Waals surface area contributed by atoms with Crippen molar-refractivity contribution in [2.45, 2.75) is 46.8 Å². The number of benzene rings is 1. The van der Waals surface area contributed by atoms with E-state index in [9.17, 15) is 14.4 Å².